The van der Waals surface area contributed by atoms with E-state index in [0.29, 0.717) is 12.4 Å². The number of aromatic nitrogens is 2. The lowest BCUT2D eigenvalue weighted by molar-refractivity contribution is 0.564. The number of nitrogens with one attached hydrogen (secondary N) is 1. The van der Waals surface area contributed by atoms with Gasteiger partial charge >= 0.3 is 0 Å². The molecule has 0 saturated carbocycles. The smallest absolute Gasteiger partial charge is 0.221 e. The van der Waals surface area contributed by atoms with E-state index in [9.17, 15) is 8.42 Å². The van der Waals surface area contributed by atoms with Gasteiger partial charge in [-0.15, -0.1) is 0 Å². The van der Waals surface area contributed by atoms with Crippen molar-refractivity contribution < 1.29 is 8.42 Å². The van der Waals surface area contributed by atoms with Crippen molar-refractivity contribution in [3.8, 4) is 0 Å². The zero-order valence-electron chi connectivity index (χ0n) is 9.27. The van der Waals surface area contributed by atoms with Crippen molar-refractivity contribution in [2.75, 3.05) is 6.54 Å². The van der Waals surface area contributed by atoms with Crippen molar-refractivity contribution in [2.45, 2.75) is 32.6 Å². The standard InChI is InChI=1S/C9H17N3O2S/c1-4-11-15(13,14)8(3)9-10-6-7-12(9)5-2/h6-8,11H,4-5H2,1-3H3/t8-/m1/s1. The molecule has 0 radical (unpaired) electrons. The normalized spacial score (nSPS) is 14.1. The third-order valence-corrected chi connectivity index (χ3v) is 4.10. The topological polar surface area (TPSA) is 64.0 Å². The van der Waals surface area contributed by atoms with Gasteiger partial charge in [-0.1, -0.05) is 6.92 Å². The van der Waals surface area contributed by atoms with Crippen LogP contribution < -0.4 is 4.72 Å². The van der Waals surface area contributed by atoms with Crippen molar-refractivity contribution in [1.29, 1.82) is 0 Å². The van der Waals surface area contributed by atoms with Crippen LogP contribution in [0.15, 0.2) is 12.4 Å². The first-order valence-electron chi connectivity index (χ1n) is 5.02. The van der Waals surface area contributed by atoms with E-state index in [0.717, 1.165) is 6.54 Å². The van der Waals surface area contributed by atoms with E-state index in [4.69, 9.17) is 0 Å². The molecule has 5 nitrogen and oxygen atoms in total. The fourth-order valence-electron chi connectivity index (χ4n) is 1.41. The van der Waals surface area contributed by atoms with Gasteiger partial charge in [0.2, 0.25) is 10.0 Å². The predicted molar refractivity (Wildman–Crippen MR) is 58.9 cm³/mol. The van der Waals surface area contributed by atoms with Crippen LogP contribution in [-0.4, -0.2) is 24.5 Å². The van der Waals surface area contributed by atoms with Crippen molar-refractivity contribution in [3.05, 3.63) is 18.2 Å². The SMILES string of the molecule is CCNS(=O)(=O)[C@H](C)c1nccn1CC. The van der Waals surface area contributed by atoms with Gasteiger partial charge in [0.1, 0.15) is 11.1 Å². The summed E-state index contributed by atoms with van der Waals surface area (Å²) in [5.41, 5.74) is 0. The largest absolute Gasteiger partial charge is 0.334 e. The lowest BCUT2D eigenvalue weighted by Crippen LogP contribution is -2.29. The first-order chi connectivity index (χ1) is 7.03. The van der Waals surface area contributed by atoms with Gasteiger partial charge in [0.25, 0.3) is 0 Å². The van der Waals surface area contributed by atoms with Gasteiger partial charge in [0.15, 0.2) is 0 Å². The Morgan fingerprint density at radius 2 is 2.20 bits per heavy atom. The fraction of sp³-hybridized carbons (Fsp3) is 0.667. The van der Waals surface area contributed by atoms with Crippen LogP contribution in [0.5, 0.6) is 0 Å². The molecule has 0 fully saturated rings. The summed E-state index contributed by atoms with van der Waals surface area (Å²) in [6, 6.07) is 0. The molecule has 0 spiro atoms. The highest BCUT2D eigenvalue weighted by Gasteiger charge is 2.25. The molecule has 0 aliphatic heterocycles. The van der Waals surface area contributed by atoms with Gasteiger partial charge in [-0.3, -0.25) is 0 Å². The Morgan fingerprint density at radius 1 is 1.53 bits per heavy atom. The van der Waals surface area contributed by atoms with Crippen LogP contribution in [0.4, 0.5) is 0 Å². The fourth-order valence-corrected chi connectivity index (χ4v) is 2.54. The molecule has 0 aliphatic rings. The number of hydrogen-bond donors (Lipinski definition) is 1. The summed E-state index contributed by atoms with van der Waals surface area (Å²) in [5, 5.41) is -0.618. The minimum absolute atomic E-state index is 0.402. The molecule has 1 heterocycles. The minimum Gasteiger partial charge on any atom is -0.334 e. The Balaban J connectivity index is 2.99. The van der Waals surface area contributed by atoms with Crippen LogP contribution in [0.25, 0.3) is 0 Å². The Kier molecular flexibility index (Phi) is 3.87. The van der Waals surface area contributed by atoms with Crippen LogP contribution in [0.1, 0.15) is 31.8 Å². The van der Waals surface area contributed by atoms with Gasteiger partial charge in [-0.25, -0.2) is 18.1 Å². The molecule has 0 bridgehead atoms. The molecule has 1 aromatic rings. The number of aryl methyl sites for hydroxylation is 1. The molecule has 0 saturated heterocycles. The quantitative estimate of drug-likeness (QED) is 0.819. The molecule has 1 atom stereocenters. The van der Waals surface area contributed by atoms with E-state index in [2.05, 4.69) is 9.71 Å². The molecule has 86 valence electrons. The van der Waals surface area contributed by atoms with Crippen LogP contribution in [0, 0.1) is 0 Å². The summed E-state index contributed by atoms with van der Waals surface area (Å²) in [6.07, 6.45) is 3.41. The predicted octanol–water partition coefficient (Wildman–Crippen LogP) is 0.903. The summed E-state index contributed by atoms with van der Waals surface area (Å²) in [6.45, 7) is 6.49. The Hall–Kier alpha value is -0.880. The van der Waals surface area contributed by atoms with E-state index in [1.54, 1.807) is 26.2 Å². The molecule has 0 aliphatic carbocycles. The Morgan fingerprint density at radius 3 is 2.73 bits per heavy atom. The lowest BCUT2D eigenvalue weighted by atomic mass is 10.4. The molecule has 1 N–H and O–H groups in total. The van der Waals surface area contributed by atoms with Gasteiger partial charge < -0.3 is 4.57 Å². The number of rotatable bonds is 5. The zero-order chi connectivity index (χ0) is 11.5. The molecular weight excluding hydrogens is 214 g/mol. The van der Waals surface area contributed by atoms with Gasteiger partial charge in [0, 0.05) is 25.5 Å². The van der Waals surface area contributed by atoms with E-state index < -0.39 is 15.3 Å². The lowest BCUT2D eigenvalue weighted by Gasteiger charge is -2.13. The maximum absolute atomic E-state index is 11.7. The number of nitrogens with zero attached hydrogens (tertiary/aromatic N) is 2. The molecule has 0 unspecified atom stereocenters. The van der Waals surface area contributed by atoms with Crippen molar-refractivity contribution in [2.24, 2.45) is 0 Å². The van der Waals surface area contributed by atoms with Crippen molar-refractivity contribution >= 4 is 10.0 Å². The van der Waals surface area contributed by atoms with Gasteiger partial charge in [0.05, 0.1) is 0 Å². The zero-order valence-corrected chi connectivity index (χ0v) is 10.1. The molecule has 1 rings (SSSR count). The maximum Gasteiger partial charge on any atom is 0.221 e. The van der Waals surface area contributed by atoms with Crippen LogP contribution in [0.3, 0.4) is 0 Å². The maximum atomic E-state index is 11.7. The van der Waals surface area contributed by atoms with E-state index in [1.165, 1.54) is 0 Å². The highest BCUT2D eigenvalue weighted by molar-refractivity contribution is 7.89. The second kappa shape index (κ2) is 4.76. The van der Waals surface area contributed by atoms with Gasteiger partial charge in [-0.2, -0.15) is 0 Å². The molecular formula is C9H17N3O2S. The minimum atomic E-state index is -3.30. The summed E-state index contributed by atoms with van der Waals surface area (Å²) < 4.78 is 27.8. The summed E-state index contributed by atoms with van der Waals surface area (Å²) in [4.78, 5) is 4.08. The molecule has 0 amide bonds. The Labute approximate surface area is 90.6 Å². The Bertz CT molecular complexity index is 411. The first-order valence-corrected chi connectivity index (χ1v) is 6.57. The van der Waals surface area contributed by atoms with Crippen molar-refractivity contribution in [1.82, 2.24) is 14.3 Å². The van der Waals surface area contributed by atoms with Gasteiger partial charge in [-0.05, 0) is 13.8 Å². The summed E-state index contributed by atoms with van der Waals surface area (Å²) in [5.74, 6) is 0.582. The second-order valence-corrected chi connectivity index (χ2v) is 5.34. The number of imidazole rings is 1. The monoisotopic (exact) mass is 231 g/mol. The molecule has 15 heavy (non-hydrogen) atoms. The number of hydrogen-bond acceptors (Lipinski definition) is 3. The number of sulfonamides is 1. The molecule has 1 aromatic heterocycles. The first kappa shape index (κ1) is 12.2. The van der Waals surface area contributed by atoms with Crippen LogP contribution in [-0.2, 0) is 16.6 Å². The summed E-state index contributed by atoms with van der Waals surface area (Å²) >= 11 is 0. The molecule has 0 aromatic carbocycles. The van der Waals surface area contributed by atoms with E-state index >= 15 is 0 Å². The average molecular weight is 231 g/mol. The average Bonchev–Trinajstić information content (AvgIpc) is 2.63. The third-order valence-electron chi connectivity index (χ3n) is 2.26. The van der Waals surface area contributed by atoms with Crippen LogP contribution in [0.2, 0.25) is 0 Å². The highest BCUT2D eigenvalue weighted by Crippen LogP contribution is 2.18. The van der Waals surface area contributed by atoms with Crippen LogP contribution >= 0.6 is 0 Å². The van der Waals surface area contributed by atoms with E-state index in [-0.39, 0.29) is 0 Å². The molecule has 6 heteroatoms. The summed E-state index contributed by atoms with van der Waals surface area (Å²) in [7, 11) is -3.30. The highest BCUT2D eigenvalue weighted by atomic mass is 32.2. The van der Waals surface area contributed by atoms with Crippen molar-refractivity contribution in [3.63, 3.8) is 0 Å². The second-order valence-electron chi connectivity index (χ2n) is 3.26. The third kappa shape index (κ3) is 2.57. The van der Waals surface area contributed by atoms with E-state index in [1.807, 2.05) is 11.5 Å².